The van der Waals surface area contributed by atoms with Crippen LogP contribution in [0.3, 0.4) is 0 Å². The summed E-state index contributed by atoms with van der Waals surface area (Å²) in [4.78, 5) is 28.0. The molecule has 0 radical (unpaired) electrons. The molecule has 19 heavy (non-hydrogen) atoms. The highest BCUT2D eigenvalue weighted by Gasteiger charge is 2.36. The summed E-state index contributed by atoms with van der Waals surface area (Å²) in [6.45, 7) is 0. The molecule has 8 heteroatoms. The predicted molar refractivity (Wildman–Crippen MR) is 58.7 cm³/mol. The monoisotopic (exact) mass is 272 g/mol. The minimum Gasteiger partial charge on any atom is -0.465 e. The third-order valence-corrected chi connectivity index (χ3v) is 2.40. The van der Waals surface area contributed by atoms with Gasteiger partial charge in [0.25, 0.3) is 5.56 Å². The first-order chi connectivity index (χ1) is 8.84. The Balaban J connectivity index is 2.82. The Labute approximate surface area is 104 Å². The first-order valence-electron chi connectivity index (χ1n) is 5.03. The highest BCUT2D eigenvalue weighted by molar-refractivity contribution is 6.01. The van der Waals surface area contributed by atoms with Crippen LogP contribution in [-0.4, -0.2) is 23.0 Å². The number of nitrogens with one attached hydrogen (secondary N) is 1. The van der Waals surface area contributed by atoms with Crippen LogP contribution in [0.5, 0.6) is 0 Å². The molecular formula is C11H7F3N2O3. The molecule has 0 atom stereocenters. The van der Waals surface area contributed by atoms with Crippen molar-refractivity contribution in [3.8, 4) is 0 Å². The zero-order valence-electron chi connectivity index (χ0n) is 9.54. The van der Waals surface area contributed by atoms with Crippen LogP contribution in [0, 0.1) is 0 Å². The zero-order valence-corrected chi connectivity index (χ0v) is 9.54. The summed E-state index contributed by atoms with van der Waals surface area (Å²) in [7, 11) is 1.09. The number of carbonyl (C=O) groups excluding carboxylic acids is 1. The van der Waals surface area contributed by atoms with Gasteiger partial charge in [0.1, 0.15) is 5.52 Å². The molecule has 0 saturated heterocycles. The highest BCUT2D eigenvalue weighted by atomic mass is 19.4. The number of hydrogen-bond donors (Lipinski definition) is 1. The van der Waals surface area contributed by atoms with Gasteiger partial charge in [0.05, 0.1) is 18.2 Å². The van der Waals surface area contributed by atoms with Gasteiger partial charge < -0.3 is 9.72 Å². The quantitative estimate of drug-likeness (QED) is 0.802. The van der Waals surface area contributed by atoms with Gasteiger partial charge >= 0.3 is 12.1 Å². The van der Waals surface area contributed by atoms with E-state index in [2.05, 4.69) is 9.72 Å². The summed E-state index contributed by atoms with van der Waals surface area (Å²) < 4.78 is 42.2. The van der Waals surface area contributed by atoms with Gasteiger partial charge in [-0.25, -0.2) is 9.78 Å². The maximum atomic E-state index is 12.6. The smallest absolute Gasteiger partial charge is 0.438 e. The first kappa shape index (κ1) is 13.1. The second kappa shape index (κ2) is 4.38. The summed E-state index contributed by atoms with van der Waals surface area (Å²) in [5.41, 5.74) is -3.35. The maximum absolute atomic E-state index is 12.6. The largest absolute Gasteiger partial charge is 0.465 e. The standard InChI is InChI=1S/C11H7F3N2O3/c1-19-10(18)5-3-2-4-6-7(5)16-8(9(17)15-6)11(12,13)14/h2-4H,1H3,(H,15,17). The fraction of sp³-hybridized carbons (Fsp3) is 0.182. The second-order valence-electron chi connectivity index (χ2n) is 3.61. The van der Waals surface area contributed by atoms with Crippen LogP contribution >= 0.6 is 0 Å². The van der Waals surface area contributed by atoms with Gasteiger partial charge in [-0.1, -0.05) is 6.07 Å². The summed E-state index contributed by atoms with van der Waals surface area (Å²) in [6.07, 6.45) is -4.90. The van der Waals surface area contributed by atoms with E-state index in [1.54, 1.807) is 0 Å². The molecule has 100 valence electrons. The van der Waals surface area contributed by atoms with E-state index >= 15 is 0 Å². The minimum absolute atomic E-state index is 0.0286. The van der Waals surface area contributed by atoms with E-state index < -0.39 is 23.4 Å². The van der Waals surface area contributed by atoms with E-state index in [9.17, 15) is 22.8 Å². The molecule has 0 aliphatic rings. The summed E-state index contributed by atoms with van der Waals surface area (Å²) in [5.74, 6) is -0.835. The molecule has 0 aliphatic carbocycles. The molecular weight excluding hydrogens is 265 g/mol. The van der Waals surface area contributed by atoms with Crippen molar-refractivity contribution in [2.45, 2.75) is 6.18 Å². The molecule has 0 spiro atoms. The van der Waals surface area contributed by atoms with Crippen molar-refractivity contribution in [2.75, 3.05) is 7.11 Å². The number of alkyl halides is 3. The van der Waals surface area contributed by atoms with Crippen LogP contribution in [0.2, 0.25) is 0 Å². The third kappa shape index (κ3) is 2.28. The van der Waals surface area contributed by atoms with Crippen molar-refractivity contribution in [3.63, 3.8) is 0 Å². The van der Waals surface area contributed by atoms with Crippen LogP contribution in [-0.2, 0) is 10.9 Å². The second-order valence-corrected chi connectivity index (χ2v) is 3.61. The van der Waals surface area contributed by atoms with E-state index in [4.69, 9.17) is 0 Å². The van der Waals surface area contributed by atoms with Crippen LogP contribution < -0.4 is 5.56 Å². The lowest BCUT2D eigenvalue weighted by Gasteiger charge is -2.08. The van der Waals surface area contributed by atoms with E-state index in [-0.39, 0.29) is 16.6 Å². The molecule has 0 bridgehead atoms. The first-order valence-corrected chi connectivity index (χ1v) is 5.03. The lowest BCUT2D eigenvalue weighted by molar-refractivity contribution is -0.142. The molecule has 1 N–H and O–H groups in total. The van der Waals surface area contributed by atoms with Crippen molar-refractivity contribution in [2.24, 2.45) is 0 Å². The number of esters is 1. The molecule has 0 amide bonds. The SMILES string of the molecule is COC(=O)c1cccc2[nH]c(=O)c(C(F)(F)F)nc12. The molecule has 0 aliphatic heterocycles. The summed E-state index contributed by atoms with van der Waals surface area (Å²) in [5, 5.41) is 0. The number of aromatic amines is 1. The van der Waals surface area contributed by atoms with E-state index in [0.717, 1.165) is 7.11 Å². The normalized spacial score (nSPS) is 11.6. The molecule has 1 aromatic carbocycles. The number of rotatable bonds is 1. The zero-order chi connectivity index (χ0) is 14.2. The molecule has 2 aromatic rings. The van der Waals surface area contributed by atoms with Gasteiger partial charge in [-0.15, -0.1) is 0 Å². The molecule has 0 unspecified atom stereocenters. The lowest BCUT2D eigenvalue weighted by Crippen LogP contribution is -2.24. The van der Waals surface area contributed by atoms with Crippen LogP contribution in [0.15, 0.2) is 23.0 Å². The van der Waals surface area contributed by atoms with Crippen molar-refractivity contribution in [1.29, 1.82) is 0 Å². The van der Waals surface area contributed by atoms with E-state index in [0.29, 0.717) is 0 Å². The Hall–Kier alpha value is -2.38. The summed E-state index contributed by atoms with van der Waals surface area (Å²) in [6, 6.07) is 4.01. The molecule has 5 nitrogen and oxygen atoms in total. The highest BCUT2D eigenvalue weighted by Crippen LogP contribution is 2.26. The fourth-order valence-electron chi connectivity index (χ4n) is 1.58. The molecule has 1 aromatic heterocycles. The Kier molecular flexibility index (Phi) is 3.01. The molecule has 0 saturated carbocycles. The van der Waals surface area contributed by atoms with Gasteiger partial charge in [-0.2, -0.15) is 13.2 Å². The van der Waals surface area contributed by atoms with Crippen molar-refractivity contribution in [3.05, 3.63) is 39.8 Å². The average molecular weight is 272 g/mol. The number of fused-ring (bicyclic) bond motifs is 1. The average Bonchev–Trinajstić information content (AvgIpc) is 2.34. The number of halogens is 3. The Morgan fingerprint density at radius 2 is 2.05 bits per heavy atom. The van der Waals surface area contributed by atoms with Crippen LogP contribution in [0.1, 0.15) is 16.1 Å². The Morgan fingerprint density at radius 3 is 2.63 bits per heavy atom. The minimum atomic E-state index is -4.90. The predicted octanol–water partition coefficient (Wildman–Crippen LogP) is 1.73. The fourth-order valence-corrected chi connectivity index (χ4v) is 1.58. The van der Waals surface area contributed by atoms with Gasteiger partial charge in [-0.3, -0.25) is 4.79 Å². The number of methoxy groups -OCH3 is 1. The van der Waals surface area contributed by atoms with Crippen molar-refractivity contribution >= 4 is 17.0 Å². The molecule has 2 rings (SSSR count). The van der Waals surface area contributed by atoms with Crippen molar-refractivity contribution in [1.82, 2.24) is 9.97 Å². The van der Waals surface area contributed by atoms with Gasteiger partial charge in [-0.05, 0) is 12.1 Å². The molecule has 1 heterocycles. The van der Waals surface area contributed by atoms with Gasteiger partial charge in [0.15, 0.2) is 0 Å². The number of para-hydroxylation sites is 1. The number of benzene rings is 1. The number of H-pyrrole nitrogens is 1. The van der Waals surface area contributed by atoms with E-state index in [1.807, 2.05) is 4.98 Å². The third-order valence-electron chi connectivity index (χ3n) is 2.40. The number of carbonyl (C=O) groups is 1. The number of aromatic nitrogens is 2. The van der Waals surface area contributed by atoms with Crippen LogP contribution in [0.4, 0.5) is 13.2 Å². The number of ether oxygens (including phenoxy) is 1. The van der Waals surface area contributed by atoms with Crippen molar-refractivity contribution < 1.29 is 22.7 Å². The van der Waals surface area contributed by atoms with Crippen LogP contribution in [0.25, 0.3) is 11.0 Å². The van der Waals surface area contributed by atoms with Gasteiger partial charge in [0, 0.05) is 0 Å². The van der Waals surface area contributed by atoms with Gasteiger partial charge in [0.2, 0.25) is 5.69 Å². The number of hydrogen-bond acceptors (Lipinski definition) is 4. The Morgan fingerprint density at radius 1 is 1.37 bits per heavy atom. The Bertz CT molecular complexity index is 706. The topological polar surface area (TPSA) is 72.1 Å². The summed E-state index contributed by atoms with van der Waals surface area (Å²) >= 11 is 0. The molecule has 0 fully saturated rings. The maximum Gasteiger partial charge on any atom is 0.438 e. The lowest BCUT2D eigenvalue weighted by atomic mass is 10.1. The van der Waals surface area contributed by atoms with E-state index in [1.165, 1.54) is 18.2 Å². The number of nitrogens with zero attached hydrogens (tertiary/aromatic N) is 1.